The van der Waals surface area contributed by atoms with Crippen LogP contribution in [0.5, 0.6) is 0 Å². The van der Waals surface area contributed by atoms with Crippen molar-refractivity contribution in [3.63, 3.8) is 0 Å². The zero-order valence-corrected chi connectivity index (χ0v) is 11.7. The summed E-state index contributed by atoms with van der Waals surface area (Å²) >= 11 is 0. The highest BCUT2D eigenvalue weighted by atomic mass is 35.5. The van der Waals surface area contributed by atoms with Crippen molar-refractivity contribution < 1.29 is 0 Å². The number of hydrogen-bond acceptors (Lipinski definition) is 2. The average molecular weight is 259 g/mol. The first-order valence-electron chi connectivity index (χ1n) is 7.29. The molecule has 1 aliphatic carbocycles. The summed E-state index contributed by atoms with van der Waals surface area (Å²) in [5.74, 6) is 1.07. The molecule has 3 heteroatoms. The molecule has 2 nitrogen and oxygen atoms in total. The van der Waals surface area contributed by atoms with Crippen LogP contribution in [0.1, 0.15) is 44.9 Å². The van der Waals surface area contributed by atoms with Gasteiger partial charge in [-0.15, -0.1) is 12.4 Å². The second-order valence-electron chi connectivity index (χ2n) is 6.39. The van der Waals surface area contributed by atoms with Crippen molar-refractivity contribution in [2.45, 2.75) is 44.9 Å². The lowest BCUT2D eigenvalue weighted by Crippen LogP contribution is -2.30. The minimum Gasteiger partial charge on any atom is -0.316 e. The van der Waals surface area contributed by atoms with E-state index in [1.807, 2.05) is 0 Å². The fraction of sp³-hybridized carbons (Fsp3) is 1.00. The van der Waals surface area contributed by atoms with Crippen LogP contribution >= 0.6 is 12.4 Å². The largest absolute Gasteiger partial charge is 0.316 e. The SMILES string of the molecule is C1CCC(CCN2CCC3(CCNC3)C2)C1.Cl. The van der Waals surface area contributed by atoms with Crippen molar-refractivity contribution in [3.05, 3.63) is 0 Å². The van der Waals surface area contributed by atoms with Gasteiger partial charge in [0.2, 0.25) is 0 Å². The molecular weight excluding hydrogens is 232 g/mol. The second-order valence-corrected chi connectivity index (χ2v) is 6.39. The summed E-state index contributed by atoms with van der Waals surface area (Å²) < 4.78 is 0. The molecule has 0 aromatic carbocycles. The molecule has 0 bridgehead atoms. The van der Waals surface area contributed by atoms with Crippen LogP contribution in [-0.4, -0.2) is 37.6 Å². The summed E-state index contributed by atoms with van der Waals surface area (Å²) in [5, 5.41) is 3.55. The normalized spacial score (nSPS) is 34.6. The van der Waals surface area contributed by atoms with E-state index in [4.69, 9.17) is 0 Å². The first kappa shape index (κ1) is 13.6. The molecule has 2 saturated heterocycles. The van der Waals surface area contributed by atoms with Crippen molar-refractivity contribution in [2.75, 3.05) is 32.7 Å². The van der Waals surface area contributed by atoms with Crippen LogP contribution in [0.3, 0.4) is 0 Å². The van der Waals surface area contributed by atoms with E-state index < -0.39 is 0 Å². The van der Waals surface area contributed by atoms with Crippen LogP contribution in [0.15, 0.2) is 0 Å². The number of hydrogen-bond donors (Lipinski definition) is 1. The van der Waals surface area contributed by atoms with Gasteiger partial charge in [0.25, 0.3) is 0 Å². The van der Waals surface area contributed by atoms with Gasteiger partial charge in [0, 0.05) is 13.1 Å². The van der Waals surface area contributed by atoms with Crippen LogP contribution in [0.4, 0.5) is 0 Å². The summed E-state index contributed by atoms with van der Waals surface area (Å²) in [6, 6.07) is 0. The first-order chi connectivity index (χ1) is 7.86. The molecule has 1 unspecified atom stereocenters. The molecule has 2 heterocycles. The smallest absolute Gasteiger partial charge is 0.00511 e. The Morgan fingerprint density at radius 3 is 2.71 bits per heavy atom. The Bertz CT molecular complexity index is 232. The topological polar surface area (TPSA) is 15.3 Å². The maximum Gasteiger partial charge on any atom is 0.00511 e. The summed E-state index contributed by atoms with van der Waals surface area (Å²) in [6.07, 6.45) is 10.4. The van der Waals surface area contributed by atoms with E-state index in [0.29, 0.717) is 5.41 Å². The average Bonchev–Trinajstić information content (AvgIpc) is 3.01. The van der Waals surface area contributed by atoms with Gasteiger partial charge < -0.3 is 10.2 Å². The first-order valence-corrected chi connectivity index (χ1v) is 7.29. The highest BCUT2D eigenvalue weighted by Gasteiger charge is 2.39. The molecule has 3 fully saturated rings. The Hall–Kier alpha value is 0.210. The Labute approximate surface area is 112 Å². The number of nitrogens with zero attached hydrogens (tertiary/aromatic N) is 1. The maximum absolute atomic E-state index is 3.55. The predicted molar refractivity (Wildman–Crippen MR) is 74.8 cm³/mol. The molecule has 100 valence electrons. The molecule has 3 rings (SSSR count). The fourth-order valence-corrected chi connectivity index (χ4v) is 4.03. The lowest BCUT2D eigenvalue weighted by molar-refractivity contribution is 0.257. The molecule has 1 N–H and O–H groups in total. The molecule has 1 saturated carbocycles. The molecule has 3 aliphatic rings. The zero-order chi connectivity index (χ0) is 10.8. The van der Waals surface area contributed by atoms with Crippen LogP contribution in [0.2, 0.25) is 0 Å². The molecule has 1 spiro atoms. The lowest BCUT2D eigenvalue weighted by Gasteiger charge is -2.23. The molecule has 0 aromatic rings. The van der Waals surface area contributed by atoms with E-state index in [0.717, 1.165) is 5.92 Å². The van der Waals surface area contributed by atoms with E-state index in [2.05, 4.69) is 10.2 Å². The summed E-state index contributed by atoms with van der Waals surface area (Å²) in [7, 11) is 0. The van der Waals surface area contributed by atoms with E-state index in [1.165, 1.54) is 77.7 Å². The highest BCUT2D eigenvalue weighted by Crippen LogP contribution is 2.36. The van der Waals surface area contributed by atoms with Crippen molar-refractivity contribution in [1.82, 2.24) is 10.2 Å². The monoisotopic (exact) mass is 258 g/mol. The Balaban J connectivity index is 0.00000108. The lowest BCUT2D eigenvalue weighted by atomic mass is 9.86. The molecule has 0 aromatic heterocycles. The minimum atomic E-state index is 0. The van der Waals surface area contributed by atoms with Crippen LogP contribution < -0.4 is 5.32 Å². The zero-order valence-electron chi connectivity index (χ0n) is 10.9. The van der Waals surface area contributed by atoms with Crippen molar-refractivity contribution in [2.24, 2.45) is 11.3 Å². The predicted octanol–water partition coefficient (Wildman–Crippen LogP) is 2.67. The fourth-order valence-electron chi connectivity index (χ4n) is 4.03. The van der Waals surface area contributed by atoms with Crippen LogP contribution in [-0.2, 0) is 0 Å². The van der Waals surface area contributed by atoms with E-state index >= 15 is 0 Å². The third-order valence-electron chi connectivity index (χ3n) is 5.18. The minimum absolute atomic E-state index is 0. The molecule has 0 radical (unpaired) electrons. The molecular formula is C14H27ClN2. The van der Waals surface area contributed by atoms with Gasteiger partial charge in [0.15, 0.2) is 0 Å². The van der Waals surface area contributed by atoms with Crippen molar-refractivity contribution in [1.29, 1.82) is 0 Å². The summed E-state index contributed by atoms with van der Waals surface area (Å²) in [6.45, 7) is 6.68. The maximum atomic E-state index is 3.55. The van der Waals surface area contributed by atoms with Crippen LogP contribution in [0, 0.1) is 11.3 Å². The number of rotatable bonds is 3. The van der Waals surface area contributed by atoms with Gasteiger partial charge in [0.05, 0.1) is 0 Å². The quantitative estimate of drug-likeness (QED) is 0.837. The van der Waals surface area contributed by atoms with E-state index in [9.17, 15) is 0 Å². The Morgan fingerprint density at radius 1 is 1.18 bits per heavy atom. The van der Waals surface area contributed by atoms with E-state index in [-0.39, 0.29) is 12.4 Å². The van der Waals surface area contributed by atoms with E-state index in [1.54, 1.807) is 0 Å². The number of nitrogens with one attached hydrogen (secondary N) is 1. The Morgan fingerprint density at radius 2 is 2.00 bits per heavy atom. The summed E-state index contributed by atoms with van der Waals surface area (Å²) in [5.41, 5.74) is 0.676. The molecule has 1 atom stereocenters. The van der Waals surface area contributed by atoms with Crippen molar-refractivity contribution >= 4 is 12.4 Å². The van der Waals surface area contributed by atoms with Gasteiger partial charge in [-0.2, -0.15) is 0 Å². The molecule has 17 heavy (non-hydrogen) atoms. The van der Waals surface area contributed by atoms with Crippen LogP contribution in [0.25, 0.3) is 0 Å². The van der Waals surface area contributed by atoms with Gasteiger partial charge in [-0.3, -0.25) is 0 Å². The Kier molecular flexibility index (Phi) is 4.73. The van der Waals surface area contributed by atoms with Crippen molar-refractivity contribution in [3.8, 4) is 0 Å². The number of likely N-dealkylation sites (tertiary alicyclic amines) is 1. The number of halogens is 1. The molecule has 0 amide bonds. The molecule has 2 aliphatic heterocycles. The third-order valence-corrected chi connectivity index (χ3v) is 5.18. The third kappa shape index (κ3) is 3.15. The van der Waals surface area contributed by atoms with Gasteiger partial charge in [-0.05, 0) is 50.2 Å². The highest BCUT2D eigenvalue weighted by molar-refractivity contribution is 5.85. The standard InChI is InChI=1S/C14H26N2.ClH/c1-2-4-13(3-1)5-9-16-10-7-14(12-16)6-8-15-11-14;/h13,15H,1-12H2;1H. The second kappa shape index (κ2) is 5.90. The van der Waals surface area contributed by atoms with Gasteiger partial charge in [-0.25, -0.2) is 0 Å². The van der Waals surface area contributed by atoms with Gasteiger partial charge in [0.1, 0.15) is 0 Å². The van der Waals surface area contributed by atoms with Gasteiger partial charge in [-0.1, -0.05) is 25.7 Å². The van der Waals surface area contributed by atoms with Gasteiger partial charge >= 0.3 is 0 Å². The summed E-state index contributed by atoms with van der Waals surface area (Å²) in [4.78, 5) is 2.74.